The fraction of sp³-hybridized carbons (Fsp3) is 0.185. The Morgan fingerprint density at radius 3 is 2.62 bits per heavy atom. The first-order chi connectivity index (χ1) is 16.4. The molecule has 174 valence electrons. The van der Waals surface area contributed by atoms with Gasteiger partial charge in [-0.25, -0.2) is 9.37 Å². The second kappa shape index (κ2) is 9.89. The van der Waals surface area contributed by atoms with Gasteiger partial charge in [0.05, 0.1) is 23.5 Å². The summed E-state index contributed by atoms with van der Waals surface area (Å²) in [6.45, 7) is 4.29. The number of rotatable bonds is 8. The first-order valence-electron chi connectivity index (χ1n) is 11.0. The van der Waals surface area contributed by atoms with E-state index in [4.69, 9.17) is 15.5 Å². The van der Waals surface area contributed by atoms with E-state index in [-0.39, 0.29) is 13.1 Å². The SMILES string of the molecule is CCOc1ccccc1-c1ccc(-c2nc3ccc(F)cc3c(NCC(=O)O)c2CN)c(C)c1. The lowest BCUT2D eigenvalue weighted by molar-refractivity contribution is -0.134. The number of pyridine rings is 1. The number of hydrogen-bond donors (Lipinski definition) is 3. The second-order valence-corrected chi connectivity index (χ2v) is 7.89. The molecule has 4 rings (SSSR count). The predicted molar refractivity (Wildman–Crippen MR) is 132 cm³/mol. The van der Waals surface area contributed by atoms with Crippen LogP contribution in [0.15, 0.2) is 60.7 Å². The normalized spacial score (nSPS) is 10.9. The maximum Gasteiger partial charge on any atom is 0.322 e. The van der Waals surface area contributed by atoms with Gasteiger partial charge in [0, 0.05) is 28.6 Å². The molecule has 0 unspecified atom stereocenters. The molecule has 34 heavy (non-hydrogen) atoms. The molecule has 0 bridgehead atoms. The van der Waals surface area contributed by atoms with Crippen LogP contribution in [0.1, 0.15) is 18.1 Å². The Labute approximate surface area is 197 Å². The molecule has 0 fully saturated rings. The number of hydrogen-bond acceptors (Lipinski definition) is 5. The van der Waals surface area contributed by atoms with Crippen LogP contribution in [0.25, 0.3) is 33.3 Å². The fourth-order valence-electron chi connectivity index (χ4n) is 4.15. The number of anilines is 1. The highest BCUT2D eigenvalue weighted by molar-refractivity contribution is 5.97. The summed E-state index contributed by atoms with van der Waals surface area (Å²) in [6, 6.07) is 18.2. The summed E-state index contributed by atoms with van der Waals surface area (Å²) in [6.07, 6.45) is 0. The van der Waals surface area contributed by atoms with Gasteiger partial charge in [0.2, 0.25) is 0 Å². The van der Waals surface area contributed by atoms with Crippen LogP contribution in [0.5, 0.6) is 5.75 Å². The summed E-state index contributed by atoms with van der Waals surface area (Å²) in [4.78, 5) is 16.0. The molecule has 3 aromatic carbocycles. The van der Waals surface area contributed by atoms with Crippen molar-refractivity contribution in [2.75, 3.05) is 18.5 Å². The van der Waals surface area contributed by atoms with Gasteiger partial charge in [-0.2, -0.15) is 0 Å². The number of aliphatic carboxylic acids is 1. The maximum atomic E-state index is 14.0. The predicted octanol–water partition coefficient (Wildman–Crippen LogP) is 5.37. The van der Waals surface area contributed by atoms with E-state index in [1.165, 1.54) is 12.1 Å². The fourth-order valence-corrected chi connectivity index (χ4v) is 4.15. The van der Waals surface area contributed by atoms with E-state index in [1.807, 2.05) is 50.2 Å². The van der Waals surface area contributed by atoms with E-state index in [0.717, 1.165) is 28.0 Å². The highest BCUT2D eigenvalue weighted by Gasteiger charge is 2.19. The lowest BCUT2D eigenvalue weighted by atomic mass is 9.94. The van der Waals surface area contributed by atoms with Crippen LogP contribution >= 0.6 is 0 Å². The largest absolute Gasteiger partial charge is 0.493 e. The molecule has 7 heteroatoms. The summed E-state index contributed by atoms with van der Waals surface area (Å²) in [5.74, 6) is -0.651. The number of nitrogens with two attached hydrogens (primary N) is 1. The van der Waals surface area contributed by atoms with Crippen molar-refractivity contribution < 1.29 is 19.0 Å². The van der Waals surface area contributed by atoms with Gasteiger partial charge in [-0.3, -0.25) is 4.79 Å². The van der Waals surface area contributed by atoms with Crippen LogP contribution < -0.4 is 15.8 Å². The standard InChI is InChI=1S/C27H26FN3O3/c1-3-34-24-7-5-4-6-20(24)17-8-10-19(16(2)12-17)27-22(14-29)26(30-15-25(32)33)21-13-18(28)9-11-23(21)31-27/h4-13H,3,14-15,29H2,1-2H3,(H,30,31)(H,32,33). The number of ether oxygens (including phenoxy) is 1. The molecule has 4 aromatic rings. The summed E-state index contributed by atoms with van der Waals surface area (Å²) in [5.41, 5.74) is 12.2. The molecule has 4 N–H and O–H groups in total. The third kappa shape index (κ3) is 4.56. The number of para-hydroxylation sites is 1. The Balaban J connectivity index is 1.88. The number of aromatic nitrogens is 1. The van der Waals surface area contributed by atoms with E-state index in [2.05, 4.69) is 11.4 Å². The molecule has 0 aliphatic carbocycles. The molecule has 0 radical (unpaired) electrons. The smallest absolute Gasteiger partial charge is 0.322 e. The van der Waals surface area contributed by atoms with Gasteiger partial charge in [0.1, 0.15) is 18.1 Å². The molecule has 1 heterocycles. The average Bonchev–Trinajstić information content (AvgIpc) is 2.82. The van der Waals surface area contributed by atoms with Crippen LogP contribution in [0, 0.1) is 12.7 Å². The Morgan fingerprint density at radius 1 is 1.12 bits per heavy atom. The van der Waals surface area contributed by atoms with Gasteiger partial charge in [-0.05, 0) is 49.2 Å². The van der Waals surface area contributed by atoms with E-state index in [1.54, 1.807) is 6.07 Å². The van der Waals surface area contributed by atoms with Crippen molar-refractivity contribution >= 4 is 22.6 Å². The van der Waals surface area contributed by atoms with Crippen LogP contribution in [0.2, 0.25) is 0 Å². The molecule has 0 saturated carbocycles. The first kappa shape index (κ1) is 23.2. The average molecular weight is 460 g/mol. The van der Waals surface area contributed by atoms with Crippen molar-refractivity contribution in [3.63, 3.8) is 0 Å². The molecule has 0 atom stereocenters. The minimum Gasteiger partial charge on any atom is -0.493 e. The van der Waals surface area contributed by atoms with Crippen molar-refractivity contribution in [3.05, 3.63) is 77.6 Å². The highest BCUT2D eigenvalue weighted by Crippen LogP contribution is 2.38. The van der Waals surface area contributed by atoms with Gasteiger partial charge in [0.15, 0.2) is 0 Å². The van der Waals surface area contributed by atoms with Crippen molar-refractivity contribution in [3.8, 4) is 28.1 Å². The topological polar surface area (TPSA) is 97.5 Å². The van der Waals surface area contributed by atoms with Gasteiger partial charge >= 0.3 is 5.97 Å². The lowest BCUT2D eigenvalue weighted by Crippen LogP contribution is -2.16. The molecule has 0 amide bonds. The van der Waals surface area contributed by atoms with Crippen molar-refractivity contribution in [2.24, 2.45) is 5.73 Å². The number of carbonyl (C=O) groups is 1. The Hall–Kier alpha value is -3.97. The number of halogens is 1. The van der Waals surface area contributed by atoms with Crippen LogP contribution in [-0.2, 0) is 11.3 Å². The maximum absolute atomic E-state index is 14.0. The number of carboxylic acids is 1. The highest BCUT2D eigenvalue weighted by atomic mass is 19.1. The molecule has 0 saturated heterocycles. The van der Waals surface area contributed by atoms with Gasteiger partial charge in [0.25, 0.3) is 0 Å². The van der Waals surface area contributed by atoms with Crippen molar-refractivity contribution in [1.82, 2.24) is 4.98 Å². The molecule has 0 aliphatic rings. The minimum absolute atomic E-state index is 0.102. The zero-order chi connectivity index (χ0) is 24.2. The molecular weight excluding hydrogens is 433 g/mol. The Morgan fingerprint density at radius 2 is 1.91 bits per heavy atom. The number of nitrogens with one attached hydrogen (secondary N) is 1. The quantitative estimate of drug-likeness (QED) is 0.328. The molecule has 0 aliphatic heterocycles. The summed E-state index contributed by atoms with van der Waals surface area (Å²) < 4.78 is 19.8. The van der Waals surface area contributed by atoms with Crippen LogP contribution in [-0.4, -0.2) is 29.2 Å². The van der Waals surface area contributed by atoms with E-state index >= 15 is 0 Å². The number of aryl methyl sites for hydroxylation is 1. The third-order valence-electron chi connectivity index (χ3n) is 5.65. The van der Waals surface area contributed by atoms with Gasteiger partial charge < -0.3 is 20.9 Å². The number of fused-ring (bicyclic) bond motifs is 1. The summed E-state index contributed by atoms with van der Waals surface area (Å²) >= 11 is 0. The van der Waals surface area contributed by atoms with Gasteiger partial charge in [-0.15, -0.1) is 0 Å². The number of nitrogens with zero attached hydrogens (tertiary/aromatic N) is 1. The van der Waals surface area contributed by atoms with Crippen molar-refractivity contribution in [1.29, 1.82) is 0 Å². The van der Waals surface area contributed by atoms with Crippen LogP contribution in [0.3, 0.4) is 0 Å². The Bertz CT molecular complexity index is 1370. The summed E-state index contributed by atoms with van der Waals surface area (Å²) in [5, 5.41) is 12.6. The summed E-state index contributed by atoms with van der Waals surface area (Å²) in [7, 11) is 0. The molecular formula is C27H26FN3O3. The number of benzene rings is 3. The van der Waals surface area contributed by atoms with Crippen molar-refractivity contribution in [2.45, 2.75) is 20.4 Å². The zero-order valence-electron chi connectivity index (χ0n) is 19.1. The zero-order valence-corrected chi connectivity index (χ0v) is 19.1. The van der Waals surface area contributed by atoms with Gasteiger partial charge in [-0.1, -0.05) is 36.4 Å². The van der Waals surface area contributed by atoms with E-state index in [0.29, 0.717) is 34.5 Å². The lowest BCUT2D eigenvalue weighted by Gasteiger charge is -2.19. The minimum atomic E-state index is -1.03. The number of carboxylic acid groups (broad SMARTS) is 1. The Kier molecular flexibility index (Phi) is 6.75. The third-order valence-corrected chi connectivity index (χ3v) is 5.65. The molecule has 1 aromatic heterocycles. The molecule has 6 nitrogen and oxygen atoms in total. The second-order valence-electron chi connectivity index (χ2n) is 7.89. The van der Waals surface area contributed by atoms with E-state index in [9.17, 15) is 14.3 Å². The molecule has 0 spiro atoms. The van der Waals surface area contributed by atoms with E-state index < -0.39 is 11.8 Å². The first-order valence-corrected chi connectivity index (χ1v) is 11.0. The monoisotopic (exact) mass is 459 g/mol. The van der Waals surface area contributed by atoms with Crippen LogP contribution in [0.4, 0.5) is 10.1 Å².